The molecule has 4 nitrogen and oxygen atoms in total. The summed E-state index contributed by atoms with van der Waals surface area (Å²) in [6.07, 6.45) is 2.38. The van der Waals surface area contributed by atoms with Crippen LogP contribution in [0, 0.1) is 0 Å². The lowest BCUT2D eigenvalue weighted by molar-refractivity contribution is -0.122. The van der Waals surface area contributed by atoms with Gasteiger partial charge in [0.2, 0.25) is 5.91 Å². The van der Waals surface area contributed by atoms with E-state index in [1.807, 2.05) is 4.90 Å². The number of benzene rings is 1. The number of aliphatic hydroxyl groups excluding tert-OH is 1. The third-order valence-electron chi connectivity index (χ3n) is 4.40. The molecular formula is C19H30N2O2. The average molecular weight is 318 g/mol. The highest BCUT2D eigenvalue weighted by Gasteiger charge is 2.19. The number of amides is 1. The Morgan fingerprint density at radius 3 is 2.61 bits per heavy atom. The topological polar surface area (TPSA) is 52.6 Å². The van der Waals surface area contributed by atoms with Crippen molar-refractivity contribution in [2.45, 2.75) is 51.6 Å². The molecular weight excluding hydrogens is 288 g/mol. The first-order chi connectivity index (χ1) is 10.8. The van der Waals surface area contributed by atoms with Crippen molar-refractivity contribution < 1.29 is 9.90 Å². The van der Waals surface area contributed by atoms with Crippen LogP contribution < -0.4 is 5.32 Å². The minimum absolute atomic E-state index is 0.0467. The molecule has 0 aliphatic carbocycles. The Morgan fingerprint density at radius 1 is 1.30 bits per heavy atom. The lowest BCUT2D eigenvalue weighted by atomic mass is 9.86. The second-order valence-corrected chi connectivity index (χ2v) is 7.58. The van der Waals surface area contributed by atoms with E-state index in [9.17, 15) is 9.90 Å². The van der Waals surface area contributed by atoms with Gasteiger partial charge in [-0.2, -0.15) is 0 Å². The third-order valence-corrected chi connectivity index (χ3v) is 4.40. The maximum Gasteiger partial charge on any atom is 0.234 e. The van der Waals surface area contributed by atoms with Crippen LogP contribution in [0.25, 0.3) is 0 Å². The van der Waals surface area contributed by atoms with Crippen LogP contribution in [0.1, 0.15) is 44.7 Å². The highest BCUT2D eigenvalue weighted by molar-refractivity contribution is 5.78. The molecule has 23 heavy (non-hydrogen) atoms. The summed E-state index contributed by atoms with van der Waals surface area (Å²) in [4.78, 5) is 14.0. The Hall–Kier alpha value is -1.39. The smallest absolute Gasteiger partial charge is 0.234 e. The zero-order valence-corrected chi connectivity index (χ0v) is 14.6. The van der Waals surface area contributed by atoms with Crippen molar-refractivity contribution in [3.8, 4) is 0 Å². The first-order valence-electron chi connectivity index (χ1n) is 8.61. The molecule has 1 amide bonds. The molecule has 1 aromatic carbocycles. The molecule has 0 aromatic heterocycles. The van der Waals surface area contributed by atoms with E-state index in [0.717, 1.165) is 25.8 Å². The lowest BCUT2D eigenvalue weighted by Gasteiger charge is -2.29. The van der Waals surface area contributed by atoms with Crippen molar-refractivity contribution in [1.29, 1.82) is 0 Å². The molecule has 0 radical (unpaired) electrons. The van der Waals surface area contributed by atoms with Crippen LogP contribution in [0.4, 0.5) is 0 Å². The fourth-order valence-corrected chi connectivity index (χ4v) is 2.95. The summed E-state index contributed by atoms with van der Waals surface area (Å²) in [6, 6.07) is 8.64. The highest BCUT2D eigenvalue weighted by Crippen LogP contribution is 2.22. The van der Waals surface area contributed by atoms with Gasteiger partial charge >= 0.3 is 0 Å². The van der Waals surface area contributed by atoms with E-state index in [1.54, 1.807) is 0 Å². The highest BCUT2D eigenvalue weighted by atomic mass is 16.3. The lowest BCUT2D eigenvalue weighted by Crippen LogP contribution is -2.44. The number of likely N-dealkylation sites (tertiary alicyclic amines) is 1. The molecule has 1 fully saturated rings. The van der Waals surface area contributed by atoms with E-state index in [1.165, 1.54) is 11.1 Å². The number of carbonyl (C=O) groups is 1. The molecule has 0 spiro atoms. The summed E-state index contributed by atoms with van der Waals surface area (Å²) < 4.78 is 0. The fourth-order valence-electron chi connectivity index (χ4n) is 2.95. The van der Waals surface area contributed by atoms with Crippen molar-refractivity contribution in [3.63, 3.8) is 0 Å². The zero-order chi connectivity index (χ0) is 16.9. The van der Waals surface area contributed by atoms with E-state index >= 15 is 0 Å². The van der Waals surface area contributed by atoms with Crippen LogP contribution in [-0.2, 0) is 16.6 Å². The minimum Gasteiger partial charge on any atom is -0.392 e. The number of nitrogens with zero attached hydrogens (tertiary/aromatic N) is 1. The molecule has 1 heterocycles. The fraction of sp³-hybridized carbons (Fsp3) is 0.632. The Labute approximate surface area is 139 Å². The quantitative estimate of drug-likeness (QED) is 0.874. The molecule has 2 rings (SSSR count). The predicted molar refractivity (Wildman–Crippen MR) is 93.5 cm³/mol. The van der Waals surface area contributed by atoms with Crippen molar-refractivity contribution >= 4 is 5.91 Å². The van der Waals surface area contributed by atoms with E-state index in [0.29, 0.717) is 19.6 Å². The molecule has 1 aromatic rings. The molecule has 1 unspecified atom stereocenters. The summed E-state index contributed by atoms with van der Waals surface area (Å²) >= 11 is 0. The van der Waals surface area contributed by atoms with Gasteiger partial charge in [-0.3, -0.25) is 9.69 Å². The number of hydrogen-bond acceptors (Lipinski definition) is 3. The Balaban J connectivity index is 1.71. The van der Waals surface area contributed by atoms with Crippen molar-refractivity contribution in [2.24, 2.45) is 0 Å². The number of β-amino-alcohol motifs (C(OH)–C–C–N with tert-alkyl or cyclic N) is 1. The van der Waals surface area contributed by atoms with Gasteiger partial charge in [-0.05, 0) is 42.3 Å². The second-order valence-electron chi connectivity index (χ2n) is 7.58. The molecule has 1 aliphatic rings. The summed E-state index contributed by atoms with van der Waals surface area (Å²) in [6.45, 7) is 9.18. The number of hydrogen-bond donors (Lipinski definition) is 2. The number of carbonyl (C=O) groups excluding carboxylic acids is 1. The van der Waals surface area contributed by atoms with Gasteiger partial charge in [0, 0.05) is 13.1 Å². The zero-order valence-electron chi connectivity index (χ0n) is 14.6. The van der Waals surface area contributed by atoms with Crippen LogP contribution in [-0.4, -0.2) is 48.2 Å². The van der Waals surface area contributed by atoms with E-state index in [2.05, 4.69) is 50.4 Å². The maximum absolute atomic E-state index is 12.0. The van der Waals surface area contributed by atoms with Gasteiger partial charge in [0.25, 0.3) is 0 Å². The SMILES string of the molecule is CC(C)(C)c1ccc(CCNC(=O)CN2CCCC(O)C2)cc1. The second kappa shape index (κ2) is 7.93. The first-order valence-corrected chi connectivity index (χ1v) is 8.61. The van der Waals surface area contributed by atoms with Crippen molar-refractivity contribution in [1.82, 2.24) is 10.2 Å². The largest absolute Gasteiger partial charge is 0.392 e. The van der Waals surface area contributed by atoms with Gasteiger partial charge in [0.1, 0.15) is 0 Å². The summed E-state index contributed by atoms with van der Waals surface area (Å²) in [5, 5.41) is 12.6. The van der Waals surface area contributed by atoms with Gasteiger partial charge in [-0.1, -0.05) is 45.0 Å². The molecule has 1 aliphatic heterocycles. The number of aliphatic hydroxyl groups is 1. The molecule has 2 N–H and O–H groups in total. The number of rotatable bonds is 5. The first kappa shape index (κ1) is 18.0. The van der Waals surface area contributed by atoms with E-state index < -0.39 is 0 Å². The summed E-state index contributed by atoms with van der Waals surface area (Å²) in [5.41, 5.74) is 2.74. The average Bonchev–Trinajstić information content (AvgIpc) is 2.47. The minimum atomic E-state index is -0.280. The molecule has 4 heteroatoms. The molecule has 1 atom stereocenters. The number of piperidine rings is 1. The van der Waals surface area contributed by atoms with Crippen molar-refractivity contribution in [2.75, 3.05) is 26.2 Å². The van der Waals surface area contributed by atoms with Crippen LogP contribution in [0.5, 0.6) is 0 Å². The summed E-state index contributed by atoms with van der Waals surface area (Å²) in [7, 11) is 0. The molecule has 128 valence electrons. The van der Waals surface area contributed by atoms with Gasteiger partial charge in [-0.25, -0.2) is 0 Å². The Kier molecular flexibility index (Phi) is 6.19. The van der Waals surface area contributed by atoms with Crippen molar-refractivity contribution in [3.05, 3.63) is 35.4 Å². The monoisotopic (exact) mass is 318 g/mol. The molecule has 0 bridgehead atoms. The van der Waals surface area contributed by atoms with Crippen LogP contribution in [0.3, 0.4) is 0 Å². The van der Waals surface area contributed by atoms with E-state index in [4.69, 9.17) is 0 Å². The van der Waals surface area contributed by atoms with E-state index in [-0.39, 0.29) is 17.4 Å². The summed E-state index contributed by atoms with van der Waals surface area (Å²) in [5.74, 6) is 0.0467. The number of nitrogens with one attached hydrogen (secondary N) is 1. The maximum atomic E-state index is 12.0. The van der Waals surface area contributed by atoms with Crippen LogP contribution >= 0.6 is 0 Å². The molecule has 0 saturated carbocycles. The standard InChI is InChI=1S/C19H30N2O2/c1-19(2,3)16-8-6-15(7-9-16)10-11-20-18(23)14-21-12-4-5-17(22)13-21/h6-9,17,22H,4-5,10-14H2,1-3H3,(H,20,23). The Morgan fingerprint density at radius 2 is 2.00 bits per heavy atom. The molecule has 1 saturated heterocycles. The van der Waals surface area contributed by atoms with Gasteiger partial charge in [0.05, 0.1) is 12.6 Å². The normalized spacial score (nSPS) is 19.6. The third kappa shape index (κ3) is 5.96. The van der Waals surface area contributed by atoms with Crippen LogP contribution in [0.2, 0.25) is 0 Å². The van der Waals surface area contributed by atoms with Gasteiger partial charge in [-0.15, -0.1) is 0 Å². The Bertz CT molecular complexity index is 505. The van der Waals surface area contributed by atoms with Gasteiger partial charge in [0.15, 0.2) is 0 Å². The van der Waals surface area contributed by atoms with Gasteiger partial charge < -0.3 is 10.4 Å². The van der Waals surface area contributed by atoms with Crippen LogP contribution in [0.15, 0.2) is 24.3 Å². The predicted octanol–water partition coefficient (Wildman–Crippen LogP) is 2.10.